The highest BCUT2D eigenvalue weighted by molar-refractivity contribution is 6.30. The second-order valence-corrected chi connectivity index (χ2v) is 5.31. The monoisotopic (exact) mass is 288 g/mol. The Labute approximate surface area is 126 Å². The molecule has 0 bridgehead atoms. The summed E-state index contributed by atoms with van der Waals surface area (Å²) in [5.74, 6) is 0. The number of nitrogens with zero attached hydrogens (tertiary/aromatic N) is 1. The number of nitrogens with one attached hydrogen (secondary N) is 1. The maximum atomic E-state index is 5.95. The van der Waals surface area contributed by atoms with E-state index < -0.39 is 0 Å². The Morgan fingerprint density at radius 3 is 2.55 bits per heavy atom. The number of aromatic nitrogens is 1. The van der Waals surface area contributed by atoms with Crippen molar-refractivity contribution in [3.8, 4) is 0 Å². The van der Waals surface area contributed by atoms with E-state index in [1.165, 1.54) is 16.7 Å². The molecule has 0 aliphatic carbocycles. The van der Waals surface area contributed by atoms with Crippen molar-refractivity contribution < 1.29 is 0 Å². The first-order valence-electron chi connectivity index (χ1n) is 7.15. The zero-order chi connectivity index (χ0) is 14.4. The van der Waals surface area contributed by atoms with Crippen LogP contribution in [0.5, 0.6) is 0 Å². The van der Waals surface area contributed by atoms with Gasteiger partial charge < -0.3 is 5.32 Å². The van der Waals surface area contributed by atoms with E-state index in [9.17, 15) is 0 Å². The molecule has 1 unspecified atom stereocenters. The zero-order valence-corrected chi connectivity index (χ0v) is 12.8. The first kappa shape index (κ1) is 15.0. The average Bonchev–Trinajstić information content (AvgIpc) is 2.49. The van der Waals surface area contributed by atoms with Gasteiger partial charge in [0.2, 0.25) is 0 Å². The van der Waals surface area contributed by atoms with Crippen LogP contribution < -0.4 is 5.32 Å². The van der Waals surface area contributed by atoms with Crippen LogP contribution in [-0.4, -0.2) is 11.5 Å². The lowest BCUT2D eigenvalue weighted by molar-refractivity contribution is 0.545. The molecule has 3 heteroatoms. The summed E-state index contributed by atoms with van der Waals surface area (Å²) in [4.78, 5) is 4.23. The number of pyridine rings is 1. The Balaban J connectivity index is 2.24. The third-order valence-electron chi connectivity index (χ3n) is 3.50. The van der Waals surface area contributed by atoms with E-state index in [2.05, 4.69) is 42.3 Å². The fourth-order valence-corrected chi connectivity index (χ4v) is 2.59. The summed E-state index contributed by atoms with van der Waals surface area (Å²) in [6.45, 7) is 5.26. The summed E-state index contributed by atoms with van der Waals surface area (Å²) in [6, 6.07) is 10.5. The van der Waals surface area contributed by atoms with Crippen molar-refractivity contribution in [1.29, 1.82) is 0 Å². The molecule has 1 N–H and O–H groups in total. The second-order valence-electron chi connectivity index (χ2n) is 4.87. The maximum absolute atomic E-state index is 5.95. The molecule has 20 heavy (non-hydrogen) atoms. The topological polar surface area (TPSA) is 24.9 Å². The van der Waals surface area contributed by atoms with Crippen LogP contribution in [0.3, 0.4) is 0 Å². The van der Waals surface area contributed by atoms with Gasteiger partial charge in [-0.1, -0.05) is 37.6 Å². The molecule has 0 aliphatic rings. The van der Waals surface area contributed by atoms with Crippen LogP contribution in [0.1, 0.15) is 36.6 Å². The molecule has 0 spiro atoms. The van der Waals surface area contributed by atoms with Gasteiger partial charge in [-0.05, 0) is 54.3 Å². The van der Waals surface area contributed by atoms with Gasteiger partial charge in [0.25, 0.3) is 0 Å². The Bertz CT molecular complexity index is 537. The Hall–Kier alpha value is -1.38. The predicted molar refractivity (Wildman–Crippen MR) is 85.2 cm³/mol. The minimum Gasteiger partial charge on any atom is -0.310 e. The molecule has 2 nitrogen and oxygen atoms in total. The van der Waals surface area contributed by atoms with Gasteiger partial charge in [0, 0.05) is 23.5 Å². The van der Waals surface area contributed by atoms with Crippen molar-refractivity contribution in [3.05, 3.63) is 64.4 Å². The minimum absolute atomic E-state index is 0.319. The van der Waals surface area contributed by atoms with Crippen LogP contribution in [-0.2, 0) is 12.8 Å². The highest BCUT2D eigenvalue weighted by Crippen LogP contribution is 2.22. The SMILES string of the molecule is CCNC(Cc1ccc(Cl)cc1)c1ccncc1CC. The van der Waals surface area contributed by atoms with Crippen molar-refractivity contribution in [2.75, 3.05) is 6.54 Å². The molecule has 0 amide bonds. The lowest BCUT2D eigenvalue weighted by Crippen LogP contribution is -2.24. The van der Waals surface area contributed by atoms with Crippen molar-refractivity contribution in [3.63, 3.8) is 0 Å². The molecule has 1 heterocycles. The molecule has 0 saturated heterocycles. The van der Waals surface area contributed by atoms with E-state index in [-0.39, 0.29) is 0 Å². The average molecular weight is 289 g/mol. The molecule has 2 rings (SSSR count). The molecule has 0 saturated carbocycles. The largest absolute Gasteiger partial charge is 0.310 e. The summed E-state index contributed by atoms with van der Waals surface area (Å²) in [7, 11) is 0. The molecule has 0 radical (unpaired) electrons. The number of aryl methyl sites for hydroxylation is 1. The van der Waals surface area contributed by atoms with Crippen molar-refractivity contribution in [2.24, 2.45) is 0 Å². The minimum atomic E-state index is 0.319. The molecule has 2 aromatic rings. The van der Waals surface area contributed by atoms with E-state index >= 15 is 0 Å². The number of hydrogen-bond donors (Lipinski definition) is 1. The molecule has 106 valence electrons. The summed E-state index contributed by atoms with van der Waals surface area (Å²) in [6.07, 6.45) is 5.82. The van der Waals surface area contributed by atoms with E-state index in [0.717, 1.165) is 24.4 Å². The van der Waals surface area contributed by atoms with Gasteiger partial charge in [0.1, 0.15) is 0 Å². The van der Waals surface area contributed by atoms with Gasteiger partial charge in [-0.15, -0.1) is 0 Å². The van der Waals surface area contributed by atoms with E-state index in [4.69, 9.17) is 11.6 Å². The lowest BCUT2D eigenvalue weighted by Gasteiger charge is -2.21. The standard InChI is InChI=1S/C17H21ClN2/c1-3-14-12-19-10-9-16(14)17(20-4-2)11-13-5-7-15(18)8-6-13/h5-10,12,17,20H,3-4,11H2,1-2H3. The smallest absolute Gasteiger partial charge is 0.0406 e. The highest BCUT2D eigenvalue weighted by atomic mass is 35.5. The molecule has 1 aromatic carbocycles. The Kier molecular flexibility index (Phi) is 5.57. The van der Waals surface area contributed by atoms with Crippen LogP contribution in [0, 0.1) is 0 Å². The number of likely N-dealkylation sites (N-methyl/N-ethyl adjacent to an activating group) is 1. The first-order valence-corrected chi connectivity index (χ1v) is 7.53. The highest BCUT2D eigenvalue weighted by Gasteiger charge is 2.14. The van der Waals surface area contributed by atoms with Crippen LogP contribution in [0.15, 0.2) is 42.7 Å². The molecular formula is C17H21ClN2. The molecule has 0 fully saturated rings. The van der Waals surface area contributed by atoms with E-state index in [0.29, 0.717) is 6.04 Å². The lowest BCUT2D eigenvalue weighted by atomic mass is 9.95. The van der Waals surface area contributed by atoms with Crippen LogP contribution >= 0.6 is 11.6 Å². The number of benzene rings is 1. The fraction of sp³-hybridized carbons (Fsp3) is 0.353. The molecular weight excluding hydrogens is 268 g/mol. The van der Waals surface area contributed by atoms with Crippen molar-refractivity contribution in [1.82, 2.24) is 10.3 Å². The summed E-state index contributed by atoms with van der Waals surface area (Å²) < 4.78 is 0. The van der Waals surface area contributed by atoms with Crippen LogP contribution in [0.2, 0.25) is 5.02 Å². The first-order chi connectivity index (χ1) is 9.74. The fourth-order valence-electron chi connectivity index (χ4n) is 2.47. The van der Waals surface area contributed by atoms with Crippen LogP contribution in [0.25, 0.3) is 0 Å². The third kappa shape index (κ3) is 3.81. The zero-order valence-electron chi connectivity index (χ0n) is 12.1. The van der Waals surface area contributed by atoms with Gasteiger partial charge in [0.05, 0.1) is 0 Å². The Morgan fingerprint density at radius 1 is 1.15 bits per heavy atom. The number of rotatable bonds is 6. The molecule has 1 aromatic heterocycles. The van der Waals surface area contributed by atoms with Crippen molar-refractivity contribution >= 4 is 11.6 Å². The van der Waals surface area contributed by atoms with Crippen molar-refractivity contribution in [2.45, 2.75) is 32.7 Å². The van der Waals surface area contributed by atoms with Gasteiger partial charge in [-0.3, -0.25) is 4.98 Å². The summed E-state index contributed by atoms with van der Waals surface area (Å²) in [5.41, 5.74) is 3.95. The number of hydrogen-bond acceptors (Lipinski definition) is 2. The maximum Gasteiger partial charge on any atom is 0.0406 e. The number of halogens is 1. The second kappa shape index (κ2) is 7.41. The normalized spacial score (nSPS) is 12.3. The van der Waals surface area contributed by atoms with E-state index in [1.54, 1.807) is 0 Å². The third-order valence-corrected chi connectivity index (χ3v) is 3.75. The van der Waals surface area contributed by atoms with Gasteiger partial charge in [0.15, 0.2) is 0 Å². The molecule has 0 aliphatic heterocycles. The summed E-state index contributed by atoms with van der Waals surface area (Å²) in [5, 5.41) is 4.36. The van der Waals surface area contributed by atoms with Gasteiger partial charge >= 0.3 is 0 Å². The predicted octanol–water partition coefficient (Wildman–Crippen LogP) is 4.19. The quantitative estimate of drug-likeness (QED) is 0.862. The van der Waals surface area contributed by atoms with Crippen LogP contribution in [0.4, 0.5) is 0 Å². The summed E-state index contributed by atoms with van der Waals surface area (Å²) >= 11 is 5.95. The van der Waals surface area contributed by atoms with Gasteiger partial charge in [-0.25, -0.2) is 0 Å². The Morgan fingerprint density at radius 2 is 1.90 bits per heavy atom. The molecule has 1 atom stereocenters. The van der Waals surface area contributed by atoms with E-state index in [1.807, 2.05) is 24.5 Å². The van der Waals surface area contributed by atoms with Gasteiger partial charge in [-0.2, -0.15) is 0 Å².